The van der Waals surface area contributed by atoms with Crippen LogP contribution in [0, 0.1) is 5.82 Å². The smallest absolute Gasteiger partial charge is 0.152 e. The van der Waals surface area contributed by atoms with Crippen LogP contribution in [0.15, 0.2) is 41.3 Å². The summed E-state index contributed by atoms with van der Waals surface area (Å²) in [7, 11) is 0. The molecule has 0 unspecified atom stereocenters. The topological polar surface area (TPSA) is 35.2 Å². The second kappa shape index (κ2) is 5.50. The van der Waals surface area contributed by atoms with Gasteiger partial charge in [-0.3, -0.25) is 0 Å². The summed E-state index contributed by atoms with van der Waals surface area (Å²) < 4.78 is 18.8. The first-order chi connectivity index (χ1) is 8.61. The van der Waals surface area contributed by atoms with E-state index in [9.17, 15) is 4.39 Å². The third-order valence-corrected chi connectivity index (χ3v) is 3.41. The van der Waals surface area contributed by atoms with Gasteiger partial charge in [-0.25, -0.2) is 4.39 Å². The average Bonchev–Trinajstić information content (AvgIpc) is 2.36. The molecule has 94 valence electrons. The van der Waals surface area contributed by atoms with Gasteiger partial charge in [0.2, 0.25) is 0 Å². The van der Waals surface area contributed by atoms with E-state index in [4.69, 9.17) is 22.1 Å². The van der Waals surface area contributed by atoms with Gasteiger partial charge < -0.3 is 10.5 Å². The van der Waals surface area contributed by atoms with Gasteiger partial charge in [0.25, 0.3) is 0 Å². The van der Waals surface area contributed by atoms with Gasteiger partial charge >= 0.3 is 0 Å². The van der Waals surface area contributed by atoms with Gasteiger partial charge in [0.15, 0.2) is 5.75 Å². The molecule has 18 heavy (non-hydrogen) atoms. The fourth-order valence-corrected chi connectivity index (χ4v) is 2.13. The minimum atomic E-state index is -0.556. The van der Waals surface area contributed by atoms with Gasteiger partial charge in [0.05, 0.1) is 10.7 Å². The Morgan fingerprint density at radius 3 is 2.67 bits per heavy atom. The fourth-order valence-electron chi connectivity index (χ4n) is 1.45. The van der Waals surface area contributed by atoms with Gasteiger partial charge in [-0.15, -0.1) is 11.8 Å². The number of thioether (sulfide) groups is 1. The molecule has 0 aliphatic heterocycles. The van der Waals surface area contributed by atoms with E-state index in [1.54, 1.807) is 11.8 Å². The van der Waals surface area contributed by atoms with E-state index >= 15 is 0 Å². The van der Waals surface area contributed by atoms with Crippen molar-refractivity contribution in [2.24, 2.45) is 0 Å². The predicted molar refractivity (Wildman–Crippen MR) is 74.1 cm³/mol. The number of anilines is 1. The van der Waals surface area contributed by atoms with E-state index < -0.39 is 5.82 Å². The van der Waals surface area contributed by atoms with Crippen LogP contribution in [0.3, 0.4) is 0 Å². The van der Waals surface area contributed by atoms with Gasteiger partial charge in [-0.05, 0) is 18.4 Å². The van der Waals surface area contributed by atoms with E-state index in [0.29, 0.717) is 11.5 Å². The molecule has 0 spiro atoms. The molecular formula is C13H11ClFNOS. The number of benzene rings is 2. The zero-order chi connectivity index (χ0) is 13.1. The number of ether oxygens (including phenoxy) is 1. The molecule has 2 nitrogen and oxygen atoms in total. The highest BCUT2D eigenvalue weighted by Crippen LogP contribution is 2.35. The zero-order valence-electron chi connectivity index (χ0n) is 9.61. The molecule has 2 aromatic rings. The summed E-state index contributed by atoms with van der Waals surface area (Å²) >= 11 is 7.26. The van der Waals surface area contributed by atoms with Gasteiger partial charge in [0, 0.05) is 17.0 Å². The zero-order valence-corrected chi connectivity index (χ0v) is 11.2. The highest BCUT2D eigenvalue weighted by atomic mass is 35.5. The van der Waals surface area contributed by atoms with Crippen LogP contribution < -0.4 is 10.5 Å². The molecule has 0 fully saturated rings. The lowest BCUT2D eigenvalue weighted by atomic mass is 10.3. The maximum atomic E-state index is 13.2. The maximum absolute atomic E-state index is 13.2. The Bertz CT molecular complexity index is 577. The Hall–Kier alpha value is -1.39. The molecule has 0 aliphatic rings. The van der Waals surface area contributed by atoms with Crippen molar-refractivity contribution >= 4 is 29.1 Å². The van der Waals surface area contributed by atoms with Gasteiger partial charge in [-0.2, -0.15) is 0 Å². The third-order valence-electron chi connectivity index (χ3n) is 2.34. The first kappa shape index (κ1) is 13.1. The molecule has 2 N–H and O–H groups in total. The normalized spacial score (nSPS) is 10.4. The van der Waals surface area contributed by atoms with Crippen molar-refractivity contribution in [2.45, 2.75) is 4.90 Å². The number of rotatable bonds is 3. The molecule has 0 aliphatic carbocycles. The first-order valence-corrected chi connectivity index (χ1v) is 6.77. The molecular weight excluding hydrogens is 273 g/mol. The second-order valence-electron chi connectivity index (χ2n) is 3.56. The highest BCUT2D eigenvalue weighted by molar-refractivity contribution is 7.98. The van der Waals surface area contributed by atoms with E-state index in [1.165, 1.54) is 6.07 Å². The predicted octanol–water partition coefficient (Wildman–Crippen LogP) is 4.58. The van der Waals surface area contributed by atoms with Crippen molar-refractivity contribution in [3.8, 4) is 11.5 Å². The molecule has 0 saturated carbocycles. The van der Waals surface area contributed by atoms with Crippen LogP contribution in [0.1, 0.15) is 0 Å². The monoisotopic (exact) mass is 283 g/mol. The Labute approximate surface area is 114 Å². The SMILES string of the molecule is CSc1ccccc1Oc1cc(Cl)c(F)cc1N. The van der Waals surface area contributed by atoms with Gasteiger partial charge in [-0.1, -0.05) is 23.7 Å². The van der Waals surface area contributed by atoms with E-state index in [2.05, 4.69) is 0 Å². The summed E-state index contributed by atoms with van der Waals surface area (Å²) in [6, 6.07) is 10.1. The molecule has 0 heterocycles. The molecule has 5 heteroatoms. The van der Waals surface area contributed by atoms with Crippen LogP contribution in [-0.4, -0.2) is 6.26 Å². The van der Waals surface area contributed by atoms with Crippen LogP contribution in [-0.2, 0) is 0 Å². The molecule has 0 saturated heterocycles. The standard InChI is InChI=1S/C13H11ClFNOS/c1-18-13-5-3-2-4-11(13)17-12-6-8(14)9(15)7-10(12)16/h2-7H,16H2,1H3. The lowest BCUT2D eigenvalue weighted by Gasteiger charge is -2.11. The Balaban J connectivity index is 2.37. The van der Waals surface area contributed by atoms with Gasteiger partial charge in [0.1, 0.15) is 11.6 Å². The van der Waals surface area contributed by atoms with Crippen molar-refractivity contribution in [3.63, 3.8) is 0 Å². The maximum Gasteiger partial charge on any atom is 0.152 e. The summed E-state index contributed by atoms with van der Waals surface area (Å²) in [6.45, 7) is 0. The Morgan fingerprint density at radius 1 is 1.22 bits per heavy atom. The number of hydrogen-bond donors (Lipinski definition) is 1. The molecule has 0 radical (unpaired) electrons. The second-order valence-corrected chi connectivity index (χ2v) is 4.81. The van der Waals surface area contributed by atoms with E-state index in [-0.39, 0.29) is 10.7 Å². The summed E-state index contributed by atoms with van der Waals surface area (Å²) in [5.41, 5.74) is 5.91. The molecule has 0 bridgehead atoms. The van der Waals surface area contributed by atoms with Crippen LogP contribution in [0.2, 0.25) is 5.02 Å². The molecule has 0 amide bonds. The molecule has 2 rings (SSSR count). The largest absolute Gasteiger partial charge is 0.454 e. The summed E-state index contributed by atoms with van der Waals surface area (Å²) in [6.07, 6.45) is 1.95. The van der Waals surface area contributed by atoms with E-state index in [0.717, 1.165) is 11.0 Å². The number of nitrogens with two attached hydrogens (primary N) is 1. The van der Waals surface area contributed by atoms with E-state index in [1.807, 2.05) is 30.5 Å². The van der Waals surface area contributed by atoms with Crippen LogP contribution in [0.25, 0.3) is 0 Å². The van der Waals surface area contributed by atoms with Crippen molar-refractivity contribution in [3.05, 3.63) is 47.2 Å². The van der Waals surface area contributed by atoms with Crippen molar-refractivity contribution in [1.82, 2.24) is 0 Å². The Kier molecular flexibility index (Phi) is 3.99. The minimum absolute atomic E-state index is 0.0131. The Morgan fingerprint density at radius 2 is 1.94 bits per heavy atom. The van der Waals surface area contributed by atoms with Crippen LogP contribution >= 0.6 is 23.4 Å². The number of para-hydroxylation sites is 1. The van der Waals surface area contributed by atoms with Crippen molar-refractivity contribution in [1.29, 1.82) is 0 Å². The van der Waals surface area contributed by atoms with Crippen molar-refractivity contribution in [2.75, 3.05) is 12.0 Å². The number of halogens is 2. The minimum Gasteiger partial charge on any atom is -0.454 e. The lowest BCUT2D eigenvalue weighted by molar-refractivity contribution is 0.472. The van der Waals surface area contributed by atoms with Crippen LogP contribution in [0.4, 0.5) is 10.1 Å². The summed E-state index contributed by atoms with van der Waals surface area (Å²) in [4.78, 5) is 0.970. The molecule has 0 aromatic heterocycles. The summed E-state index contributed by atoms with van der Waals surface area (Å²) in [5.74, 6) is 0.460. The average molecular weight is 284 g/mol. The van der Waals surface area contributed by atoms with Crippen molar-refractivity contribution < 1.29 is 9.13 Å². The number of nitrogen functional groups attached to an aromatic ring is 1. The third kappa shape index (κ3) is 2.71. The van der Waals surface area contributed by atoms with Crippen LogP contribution in [0.5, 0.6) is 11.5 Å². The molecule has 0 atom stereocenters. The fraction of sp³-hybridized carbons (Fsp3) is 0.0769. The highest BCUT2D eigenvalue weighted by Gasteiger charge is 2.10. The first-order valence-electron chi connectivity index (χ1n) is 5.17. The quantitative estimate of drug-likeness (QED) is 0.662. The summed E-state index contributed by atoms with van der Waals surface area (Å²) in [5, 5.41) is -0.0131. The number of hydrogen-bond acceptors (Lipinski definition) is 3. The molecule has 2 aromatic carbocycles. The lowest BCUT2D eigenvalue weighted by Crippen LogP contribution is -1.94.